The van der Waals surface area contributed by atoms with E-state index in [9.17, 15) is 8.42 Å². The molecule has 18 heavy (non-hydrogen) atoms. The first-order valence-electron chi connectivity index (χ1n) is 6.16. The highest BCUT2D eigenvalue weighted by Gasteiger charge is 2.08. The van der Waals surface area contributed by atoms with Gasteiger partial charge in [0.05, 0.1) is 11.9 Å². The van der Waals surface area contributed by atoms with Crippen LogP contribution in [0.25, 0.3) is 0 Å². The van der Waals surface area contributed by atoms with Crippen molar-refractivity contribution < 1.29 is 8.42 Å². The monoisotopic (exact) mass is 274 g/mol. The van der Waals surface area contributed by atoms with Crippen LogP contribution in [0.2, 0.25) is 0 Å². The van der Waals surface area contributed by atoms with E-state index in [2.05, 4.69) is 20.2 Å². The summed E-state index contributed by atoms with van der Waals surface area (Å²) in [6.07, 6.45) is 4.04. The maximum absolute atomic E-state index is 11.6. The SMILES string of the molecule is CNCCCS(=O)(=O)NCCCc1cn[nH]c1C. The molecule has 0 saturated carbocycles. The summed E-state index contributed by atoms with van der Waals surface area (Å²) < 4.78 is 25.8. The largest absolute Gasteiger partial charge is 0.320 e. The molecule has 6 nitrogen and oxygen atoms in total. The molecule has 0 saturated heterocycles. The van der Waals surface area contributed by atoms with Crippen LogP contribution in [0.15, 0.2) is 6.20 Å². The van der Waals surface area contributed by atoms with Gasteiger partial charge < -0.3 is 5.32 Å². The summed E-state index contributed by atoms with van der Waals surface area (Å²) in [5.41, 5.74) is 2.19. The highest BCUT2D eigenvalue weighted by Crippen LogP contribution is 2.05. The minimum atomic E-state index is -3.12. The van der Waals surface area contributed by atoms with Gasteiger partial charge in [0, 0.05) is 12.2 Å². The number of aromatic nitrogens is 2. The van der Waals surface area contributed by atoms with Crippen LogP contribution in [0.1, 0.15) is 24.1 Å². The molecule has 1 aromatic rings. The number of H-pyrrole nitrogens is 1. The maximum atomic E-state index is 11.6. The Morgan fingerprint density at radius 3 is 2.72 bits per heavy atom. The van der Waals surface area contributed by atoms with Gasteiger partial charge in [-0.15, -0.1) is 0 Å². The number of hydrogen-bond donors (Lipinski definition) is 3. The molecule has 0 unspecified atom stereocenters. The Kier molecular flexibility index (Phi) is 6.31. The second kappa shape index (κ2) is 7.50. The molecule has 0 aliphatic rings. The molecule has 1 aromatic heterocycles. The maximum Gasteiger partial charge on any atom is 0.211 e. The van der Waals surface area contributed by atoms with E-state index in [4.69, 9.17) is 0 Å². The molecule has 0 bridgehead atoms. The summed E-state index contributed by atoms with van der Waals surface area (Å²) in [6, 6.07) is 0. The van der Waals surface area contributed by atoms with Gasteiger partial charge in [-0.3, -0.25) is 5.10 Å². The van der Waals surface area contributed by atoms with Gasteiger partial charge in [0.2, 0.25) is 10.0 Å². The quantitative estimate of drug-likeness (QED) is 0.561. The van der Waals surface area contributed by atoms with Crippen molar-refractivity contribution in [3.63, 3.8) is 0 Å². The minimum absolute atomic E-state index is 0.179. The molecular formula is C11H22N4O2S. The minimum Gasteiger partial charge on any atom is -0.320 e. The molecule has 0 radical (unpaired) electrons. The lowest BCUT2D eigenvalue weighted by Crippen LogP contribution is -2.28. The van der Waals surface area contributed by atoms with Crippen molar-refractivity contribution in [2.45, 2.75) is 26.2 Å². The predicted octanol–water partition coefficient (Wildman–Crippen LogP) is 0.180. The average Bonchev–Trinajstić information content (AvgIpc) is 2.71. The van der Waals surface area contributed by atoms with Gasteiger partial charge in [-0.25, -0.2) is 13.1 Å². The molecule has 0 amide bonds. The molecule has 0 fully saturated rings. The zero-order valence-corrected chi connectivity index (χ0v) is 11.8. The first kappa shape index (κ1) is 15.1. The third kappa shape index (κ3) is 5.61. The van der Waals surface area contributed by atoms with Crippen LogP contribution < -0.4 is 10.0 Å². The number of hydrogen-bond acceptors (Lipinski definition) is 4. The molecule has 1 rings (SSSR count). The van der Waals surface area contributed by atoms with E-state index in [-0.39, 0.29) is 5.75 Å². The predicted molar refractivity (Wildman–Crippen MR) is 72.0 cm³/mol. The Labute approximate surface area is 109 Å². The fourth-order valence-corrected chi connectivity index (χ4v) is 2.77. The van der Waals surface area contributed by atoms with Crippen LogP contribution in [0.3, 0.4) is 0 Å². The van der Waals surface area contributed by atoms with Crippen LogP contribution in [-0.4, -0.2) is 44.5 Å². The van der Waals surface area contributed by atoms with Crippen molar-refractivity contribution in [3.8, 4) is 0 Å². The molecule has 1 heterocycles. The lowest BCUT2D eigenvalue weighted by Gasteiger charge is -2.06. The molecule has 0 aliphatic carbocycles. The van der Waals surface area contributed by atoms with Crippen LogP contribution in [0.5, 0.6) is 0 Å². The summed E-state index contributed by atoms with van der Waals surface area (Å²) in [4.78, 5) is 0. The van der Waals surface area contributed by atoms with Crippen molar-refractivity contribution in [2.24, 2.45) is 0 Å². The van der Waals surface area contributed by atoms with E-state index >= 15 is 0 Å². The van der Waals surface area contributed by atoms with Crippen LogP contribution in [-0.2, 0) is 16.4 Å². The summed E-state index contributed by atoms with van der Waals surface area (Å²) in [5.74, 6) is 0.179. The van der Waals surface area contributed by atoms with Crippen molar-refractivity contribution in [1.29, 1.82) is 0 Å². The van der Waals surface area contributed by atoms with Crippen molar-refractivity contribution in [1.82, 2.24) is 20.2 Å². The normalized spacial score (nSPS) is 11.9. The Bertz CT molecular complexity index is 442. The average molecular weight is 274 g/mol. The summed E-state index contributed by atoms with van der Waals surface area (Å²) in [7, 11) is -1.31. The number of aromatic amines is 1. The van der Waals surface area contributed by atoms with E-state index in [0.29, 0.717) is 13.0 Å². The fourth-order valence-electron chi connectivity index (χ4n) is 1.65. The molecule has 0 aliphatic heterocycles. The van der Waals surface area contributed by atoms with Gasteiger partial charge in [-0.1, -0.05) is 0 Å². The van der Waals surface area contributed by atoms with Crippen molar-refractivity contribution in [3.05, 3.63) is 17.5 Å². The first-order valence-corrected chi connectivity index (χ1v) is 7.81. The van der Waals surface area contributed by atoms with E-state index < -0.39 is 10.0 Å². The van der Waals surface area contributed by atoms with E-state index in [1.165, 1.54) is 0 Å². The molecule has 7 heteroatoms. The van der Waals surface area contributed by atoms with Gasteiger partial charge in [-0.05, 0) is 45.3 Å². The lowest BCUT2D eigenvalue weighted by atomic mass is 10.1. The van der Waals surface area contributed by atoms with E-state index in [1.54, 1.807) is 6.20 Å². The highest BCUT2D eigenvalue weighted by atomic mass is 32.2. The van der Waals surface area contributed by atoms with Crippen molar-refractivity contribution in [2.75, 3.05) is 25.9 Å². The smallest absolute Gasteiger partial charge is 0.211 e. The summed E-state index contributed by atoms with van der Waals surface area (Å²) in [6.45, 7) is 3.16. The second-order valence-corrected chi connectivity index (χ2v) is 6.22. The number of nitrogens with zero attached hydrogens (tertiary/aromatic N) is 1. The van der Waals surface area contributed by atoms with Crippen molar-refractivity contribution >= 4 is 10.0 Å². The zero-order chi connectivity index (χ0) is 13.4. The standard InChI is InChI=1S/C11H22N4O2S/c1-10-11(9-13-15-10)5-3-7-14-18(16,17)8-4-6-12-2/h9,12,14H,3-8H2,1-2H3,(H,13,15). The number of nitrogens with one attached hydrogen (secondary N) is 3. The first-order chi connectivity index (χ1) is 8.55. The molecule has 0 atom stereocenters. The third-order valence-corrected chi connectivity index (χ3v) is 4.19. The Hall–Kier alpha value is -0.920. The molecular weight excluding hydrogens is 252 g/mol. The summed E-state index contributed by atoms with van der Waals surface area (Å²) >= 11 is 0. The molecule has 0 aromatic carbocycles. The Morgan fingerprint density at radius 2 is 2.11 bits per heavy atom. The van der Waals surface area contributed by atoms with E-state index in [0.717, 1.165) is 30.6 Å². The third-order valence-electron chi connectivity index (χ3n) is 2.72. The Morgan fingerprint density at radius 1 is 1.33 bits per heavy atom. The van der Waals surface area contributed by atoms with Crippen LogP contribution in [0, 0.1) is 6.92 Å². The second-order valence-electron chi connectivity index (χ2n) is 4.29. The van der Waals surface area contributed by atoms with Gasteiger partial charge in [0.25, 0.3) is 0 Å². The van der Waals surface area contributed by atoms with Gasteiger partial charge in [0.1, 0.15) is 0 Å². The molecule has 0 spiro atoms. The summed E-state index contributed by atoms with van der Waals surface area (Å²) in [5, 5.41) is 9.72. The molecule has 3 N–H and O–H groups in total. The number of rotatable bonds is 9. The Balaban J connectivity index is 2.19. The van der Waals surface area contributed by atoms with Crippen LogP contribution >= 0.6 is 0 Å². The molecule has 104 valence electrons. The fraction of sp³-hybridized carbons (Fsp3) is 0.727. The van der Waals surface area contributed by atoms with E-state index in [1.807, 2.05) is 14.0 Å². The lowest BCUT2D eigenvalue weighted by molar-refractivity contribution is 0.575. The van der Waals surface area contributed by atoms with Gasteiger partial charge in [-0.2, -0.15) is 5.10 Å². The van der Waals surface area contributed by atoms with Crippen LogP contribution in [0.4, 0.5) is 0 Å². The van der Waals surface area contributed by atoms with Gasteiger partial charge in [0.15, 0.2) is 0 Å². The topological polar surface area (TPSA) is 86.9 Å². The number of aryl methyl sites for hydroxylation is 2. The highest BCUT2D eigenvalue weighted by molar-refractivity contribution is 7.89. The van der Waals surface area contributed by atoms with Gasteiger partial charge >= 0.3 is 0 Å². The number of sulfonamides is 1. The zero-order valence-electron chi connectivity index (χ0n) is 11.0.